The van der Waals surface area contributed by atoms with Gasteiger partial charge in [0.2, 0.25) is 5.78 Å². The average Bonchev–Trinajstić information content (AvgIpc) is 3.06. The van der Waals surface area contributed by atoms with Crippen molar-refractivity contribution in [3.8, 4) is 0 Å². The number of aromatic amines is 1. The fraction of sp³-hybridized carbons (Fsp3) is 0.200. The van der Waals surface area contributed by atoms with Crippen molar-refractivity contribution in [3.05, 3.63) is 64.8 Å². The molecule has 1 aromatic heterocycles. The fourth-order valence-electron chi connectivity index (χ4n) is 2.90. The molecule has 0 aliphatic carbocycles. The van der Waals surface area contributed by atoms with Crippen LogP contribution in [0.15, 0.2) is 59.2 Å². The van der Waals surface area contributed by atoms with Gasteiger partial charge in [-0.25, -0.2) is 0 Å². The number of benzene rings is 2. The van der Waals surface area contributed by atoms with E-state index in [1.807, 2.05) is 62.5 Å². The highest BCUT2D eigenvalue weighted by molar-refractivity contribution is 9.10. The predicted octanol–water partition coefficient (Wildman–Crippen LogP) is 2.66. The van der Waals surface area contributed by atoms with Crippen molar-refractivity contribution in [2.24, 2.45) is 0 Å². The van der Waals surface area contributed by atoms with Crippen LogP contribution in [-0.2, 0) is 4.79 Å². The number of rotatable bonds is 6. The number of para-hydroxylation sites is 2. The van der Waals surface area contributed by atoms with Gasteiger partial charge in [-0.05, 0) is 41.1 Å². The van der Waals surface area contributed by atoms with Crippen molar-refractivity contribution in [3.63, 3.8) is 0 Å². The second kappa shape index (κ2) is 7.85. The van der Waals surface area contributed by atoms with Gasteiger partial charge in [-0.2, -0.15) is 0 Å². The Kier molecular flexibility index (Phi) is 5.54. The van der Waals surface area contributed by atoms with Gasteiger partial charge in [0.15, 0.2) is 6.54 Å². The highest BCUT2D eigenvalue weighted by Crippen LogP contribution is 2.21. The molecule has 0 radical (unpaired) electrons. The van der Waals surface area contributed by atoms with Crippen LogP contribution >= 0.6 is 15.9 Å². The highest BCUT2D eigenvalue weighted by Gasteiger charge is 2.27. The molecule has 2 atom stereocenters. The van der Waals surface area contributed by atoms with Gasteiger partial charge in [0.05, 0.1) is 12.7 Å². The minimum absolute atomic E-state index is 0.0219. The number of anilines is 1. The maximum Gasteiger partial charge on any atom is 0.279 e. The number of amides is 1. The average molecular weight is 415 g/mol. The standard InChI is InChI=1S/C20H20BrN3O2/c1-13(20(26)15-11-22-17-9-5-3-7-14(15)17)24(2)12-19(25)23-18-10-6-4-8-16(18)21/h3-11,13,22H,12H2,1-2H3,(H,23,25)/p+1/t13-/m1/s1. The third kappa shape index (κ3) is 3.86. The van der Waals surface area contributed by atoms with Crippen LogP contribution < -0.4 is 10.2 Å². The molecule has 134 valence electrons. The van der Waals surface area contributed by atoms with Gasteiger partial charge in [0.25, 0.3) is 5.91 Å². The van der Waals surface area contributed by atoms with Crippen molar-refractivity contribution < 1.29 is 14.5 Å². The number of nitrogens with one attached hydrogen (secondary N) is 3. The fourth-order valence-corrected chi connectivity index (χ4v) is 3.28. The first-order chi connectivity index (χ1) is 12.5. The van der Waals surface area contributed by atoms with E-state index in [0.717, 1.165) is 26.0 Å². The summed E-state index contributed by atoms with van der Waals surface area (Å²) in [5.41, 5.74) is 2.33. The van der Waals surface area contributed by atoms with E-state index in [-0.39, 0.29) is 24.3 Å². The van der Waals surface area contributed by atoms with E-state index >= 15 is 0 Å². The van der Waals surface area contributed by atoms with Crippen LogP contribution in [0.1, 0.15) is 17.3 Å². The van der Waals surface area contributed by atoms with Gasteiger partial charge in [0.1, 0.15) is 6.04 Å². The van der Waals surface area contributed by atoms with Gasteiger partial charge in [-0.1, -0.05) is 30.3 Å². The van der Waals surface area contributed by atoms with E-state index in [2.05, 4.69) is 26.2 Å². The van der Waals surface area contributed by atoms with Gasteiger partial charge < -0.3 is 15.2 Å². The molecule has 0 aliphatic rings. The molecular formula is C20H21BrN3O2+. The van der Waals surface area contributed by atoms with Gasteiger partial charge >= 0.3 is 0 Å². The first kappa shape index (κ1) is 18.4. The first-order valence-electron chi connectivity index (χ1n) is 8.44. The zero-order valence-corrected chi connectivity index (χ0v) is 16.3. The molecule has 0 fully saturated rings. The maximum atomic E-state index is 12.9. The quantitative estimate of drug-likeness (QED) is 0.542. The molecule has 1 amide bonds. The number of hydrogen-bond donors (Lipinski definition) is 3. The summed E-state index contributed by atoms with van der Waals surface area (Å²) in [6, 6.07) is 14.8. The van der Waals surface area contributed by atoms with Crippen LogP contribution in [0.3, 0.4) is 0 Å². The Bertz CT molecular complexity index is 951. The predicted molar refractivity (Wildman–Crippen MR) is 107 cm³/mol. The van der Waals surface area contributed by atoms with Crippen molar-refractivity contribution in [1.29, 1.82) is 0 Å². The number of carbonyl (C=O) groups is 2. The molecule has 26 heavy (non-hydrogen) atoms. The lowest BCUT2D eigenvalue weighted by Crippen LogP contribution is -3.14. The molecule has 3 aromatic rings. The molecule has 0 saturated heterocycles. The Morgan fingerprint density at radius 3 is 2.62 bits per heavy atom. The number of H-pyrrole nitrogens is 1. The molecule has 0 aliphatic heterocycles. The SMILES string of the molecule is C[C@H](C(=O)c1c[nH]c2ccccc12)[NH+](C)CC(=O)Nc1ccccc1Br. The third-order valence-corrected chi connectivity index (χ3v) is 5.27. The largest absolute Gasteiger partial charge is 0.360 e. The van der Waals surface area contributed by atoms with Crippen LogP contribution in [0.5, 0.6) is 0 Å². The lowest BCUT2D eigenvalue weighted by molar-refractivity contribution is -0.885. The van der Waals surface area contributed by atoms with Crippen LogP contribution in [0.4, 0.5) is 5.69 Å². The van der Waals surface area contributed by atoms with E-state index in [1.165, 1.54) is 0 Å². The van der Waals surface area contributed by atoms with E-state index in [1.54, 1.807) is 6.20 Å². The summed E-state index contributed by atoms with van der Waals surface area (Å²) in [7, 11) is 1.86. The molecule has 6 heteroatoms. The zero-order valence-electron chi connectivity index (χ0n) is 14.7. The topological polar surface area (TPSA) is 66.4 Å². The van der Waals surface area contributed by atoms with Crippen LogP contribution in [0.25, 0.3) is 10.9 Å². The second-order valence-corrected chi connectivity index (χ2v) is 7.24. The molecule has 1 unspecified atom stereocenters. The van der Waals surface area contributed by atoms with Gasteiger partial charge in [-0.3, -0.25) is 9.59 Å². The maximum absolute atomic E-state index is 12.9. The monoisotopic (exact) mass is 414 g/mol. The van der Waals surface area contributed by atoms with E-state index in [0.29, 0.717) is 5.56 Å². The van der Waals surface area contributed by atoms with E-state index < -0.39 is 0 Å². The smallest absolute Gasteiger partial charge is 0.279 e. The summed E-state index contributed by atoms with van der Waals surface area (Å²) < 4.78 is 0.828. The Morgan fingerprint density at radius 2 is 1.85 bits per heavy atom. The van der Waals surface area contributed by atoms with Crippen molar-refractivity contribution in [1.82, 2.24) is 4.98 Å². The molecule has 0 spiro atoms. The summed E-state index contributed by atoms with van der Waals surface area (Å²) >= 11 is 3.41. The molecule has 3 N–H and O–H groups in total. The van der Waals surface area contributed by atoms with E-state index in [4.69, 9.17) is 0 Å². The summed E-state index contributed by atoms with van der Waals surface area (Å²) in [6.45, 7) is 2.06. The summed E-state index contributed by atoms with van der Waals surface area (Å²) in [5.74, 6) is -0.110. The second-order valence-electron chi connectivity index (χ2n) is 6.39. The van der Waals surface area contributed by atoms with Crippen LogP contribution in [0.2, 0.25) is 0 Å². The molecule has 3 rings (SSSR count). The number of Topliss-reactive ketones (excluding diaryl/α,β-unsaturated/α-hetero) is 1. The van der Waals surface area contributed by atoms with Crippen LogP contribution in [-0.4, -0.2) is 36.3 Å². The highest BCUT2D eigenvalue weighted by atomic mass is 79.9. The number of fused-ring (bicyclic) bond motifs is 1. The molecular weight excluding hydrogens is 394 g/mol. The minimum atomic E-state index is -0.334. The Balaban J connectivity index is 1.67. The lowest BCUT2D eigenvalue weighted by Gasteiger charge is -2.20. The zero-order chi connectivity index (χ0) is 18.7. The minimum Gasteiger partial charge on any atom is -0.360 e. The van der Waals surface area contributed by atoms with Crippen molar-refractivity contribution in [2.75, 3.05) is 18.9 Å². The summed E-state index contributed by atoms with van der Waals surface area (Å²) in [5, 5.41) is 3.79. The van der Waals surface area contributed by atoms with Crippen molar-refractivity contribution in [2.45, 2.75) is 13.0 Å². The number of halogens is 1. The third-order valence-electron chi connectivity index (χ3n) is 4.57. The molecule has 1 heterocycles. The summed E-state index contributed by atoms with van der Waals surface area (Å²) in [6.07, 6.45) is 1.75. The van der Waals surface area contributed by atoms with Crippen molar-refractivity contribution >= 4 is 44.2 Å². The van der Waals surface area contributed by atoms with Crippen LogP contribution in [0, 0.1) is 0 Å². The number of ketones is 1. The summed E-state index contributed by atoms with van der Waals surface area (Å²) in [4.78, 5) is 29.2. The molecule has 0 saturated carbocycles. The number of aromatic nitrogens is 1. The molecule has 2 aromatic carbocycles. The Labute approximate surface area is 160 Å². The molecule has 0 bridgehead atoms. The van der Waals surface area contributed by atoms with Gasteiger partial charge in [0, 0.05) is 27.1 Å². The number of carbonyl (C=O) groups excluding carboxylic acids is 2. The normalized spacial score (nSPS) is 13.3. The number of likely N-dealkylation sites (N-methyl/N-ethyl adjacent to an activating group) is 1. The van der Waals surface area contributed by atoms with Gasteiger partial charge in [-0.15, -0.1) is 0 Å². The first-order valence-corrected chi connectivity index (χ1v) is 9.23. The van der Waals surface area contributed by atoms with E-state index in [9.17, 15) is 9.59 Å². The number of hydrogen-bond acceptors (Lipinski definition) is 2. The number of quaternary nitrogens is 1. The lowest BCUT2D eigenvalue weighted by atomic mass is 10.0. The Hall–Kier alpha value is -2.44. The molecule has 5 nitrogen and oxygen atoms in total. The Morgan fingerprint density at radius 1 is 1.15 bits per heavy atom.